The fourth-order valence-corrected chi connectivity index (χ4v) is 3.79. The molecule has 0 spiro atoms. The van der Waals surface area contributed by atoms with E-state index in [4.69, 9.17) is 0 Å². The quantitative estimate of drug-likeness (QED) is 0.855. The van der Waals surface area contributed by atoms with Crippen molar-refractivity contribution in [2.24, 2.45) is 11.8 Å². The van der Waals surface area contributed by atoms with Crippen molar-refractivity contribution >= 4 is 15.5 Å². The number of hydrogen-bond acceptors (Lipinski definition) is 3. The van der Waals surface area contributed by atoms with Gasteiger partial charge in [-0.3, -0.25) is 0 Å². The summed E-state index contributed by atoms with van der Waals surface area (Å²) in [5.74, 6) is 1.55. The van der Waals surface area contributed by atoms with Crippen LogP contribution in [0.2, 0.25) is 0 Å². The predicted octanol–water partition coefficient (Wildman–Crippen LogP) is 2.96. The third-order valence-corrected chi connectivity index (χ3v) is 5.56. The molecule has 1 aliphatic heterocycles. The van der Waals surface area contributed by atoms with Gasteiger partial charge in [0.15, 0.2) is 9.84 Å². The van der Waals surface area contributed by atoms with Gasteiger partial charge in [0.2, 0.25) is 0 Å². The van der Waals surface area contributed by atoms with Crippen LogP contribution >= 0.6 is 0 Å². The summed E-state index contributed by atoms with van der Waals surface area (Å²) in [5.41, 5.74) is 1.13. The Morgan fingerprint density at radius 3 is 2.11 bits per heavy atom. The maximum absolute atomic E-state index is 11.8. The minimum Gasteiger partial charge on any atom is -0.371 e. The molecule has 2 rings (SSSR count). The molecular weight excluding hydrogens is 258 g/mol. The first-order chi connectivity index (χ1) is 8.92. The van der Waals surface area contributed by atoms with Gasteiger partial charge in [0, 0.05) is 18.8 Å². The summed E-state index contributed by atoms with van der Waals surface area (Å²) in [5, 5.41) is 0. The SMILES string of the molecule is CCS(=O)(=O)c1ccc(N2CC(C)CC(C)C2)cc1. The second-order valence-corrected chi connectivity index (χ2v) is 8.03. The lowest BCUT2D eigenvalue weighted by Gasteiger charge is -2.36. The summed E-state index contributed by atoms with van der Waals surface area (Å²) >= 11 is 0. The van der Waals surface area contributed by atoms with Gasteiger partial charge in [-0.25, -0.2) is 8.42 Å². The monoisotopic (exact) mass is 281 g/mol. The summed E-state index contributed by atoms with van der Waals surface area (Å²) in [4.78, 5) is 2.79. The highest BCUT2D eigenvalue weighted by Gasteiger charge is 2.22. The van der Waals surface area contributed by atoms with Gasteiger partial charge >= 0.3 is 0 Å². The zero-order chi connectivity index (χ0) is 14.0. The van der Waals surface area contributed by atoms with Crippen LogP contribution in [0.15, 0.2) is 29.2 Å². The van der Waals surface area contributed by atoms with Crippen LogP contribution in [0.3, 0.4) is 0 Å². The highest BCUT2D eigenvalue weighted by atomic mass is 32.2. The molecule has 0 aromatic heterocycles. The van der Waals surface area contributed by atoms with Crippen molar-refractivity contribution in [3.05, 3.63) is 24.3 Å². The van der Waals surface area contributed by atoms with Crippen LogP contribution in [0.4, 0.5) is 5.69 Å². The molecule has 1 aromatic carbocycles. The van der Waals surface area contributed by atoms with Gasteiger partial charge in [-0.05, 0) is 42.5 Å². The molecular formula is C15H23NO2S. The topological polar surface area (TPSA) is 37.4 Å². The van der Waals surface area contributed by atoms with E-state index in [1.54, 1.807) is 19.1 Å². The Bertz CT molecular complexity index is 512. The van der Waals surface area contributed by atoms with Crippen molar-refractivity contribution in [3.8, 4) is 0 Å². The van der Waals surface area contributed by atoms with Crippen molar-refractivity contribution in [2.75, 3.05) is 23.7 Å². The van der Waals surface area contributed by atoms with Crippen molar-refractivity contribution in [2.45, 2.75) is 32.1 Å². The molecule has 0 amide bonds. The van der Waals surface area contributed by atoms with Crippen LogP contribution in [0, 0.1) is 11.8 Å². The smallest absolute Gasteiger partial charge is 0.178 e. The van der Waals surface area contributed by atoms with Crippen molar-refractivity contribution in [1.82, 2.24) is 0 Å². The standard InChI is InChI=1S/C15H23NO2S/c1-4-19(17,18)15-7-5-14(6-8-15)16-10-12(2)9-13(3)11-16/h5-8,12-13H,4,9-11H2,1-3H3. The molecule has 1 aliphatic rings. The van der Waals surface area contributed by atoms with Crippen LogP contribution in [0.1, 0.15) is 27.2 Å². The maximum atomic E-state index is 11.8. The van der Waals surface area contributed by atoms with E-state index in [9.17, 15) is 8.42 Å². The van der Waals surface area contributed by atoms with E-state index in [0.29, 0.717) is 16.7 Å². The van der Waals surface area contributed by atoms with Gasteiger partial charge in [0.1, 0.15) is 0 Å². The molecule has 2 unspecified atom stereocenters. The van der Waals surface area contributed by atoms with Crippen molar-refractivity contribution in [3.63, 3.8) is 0 Å². The van der Waals surface area contributed by atoms with E-state index in [2.05, 4.69) is 18.7 Å². The molecule has 1 saturated heterocycles. The number of rotatable bonds is 3. The molecule has 106 valence electrons. The number of piperidine rings is 1. The molecule has 1 aromatic rings. The van der Waals surface area contributed by atoms with Gasteiger partial charge in [-0.1, -0.05) is 20.8 Å². The molecule has 0 bridgehead atoms. The maximum Gasteiger partial charge on any atom is 0.178 e. The molecule has 2 atom stereocenters. The fraction of sp³-hybridized carbons (Fsp3) is 0.600. The molecule has 0 radical (unpaired) electrons. The Kier molecular flexibility index (Phi) is 4.19. The third kappa shape index (κ3) is 3.30. The molecule has 1 fully saturated rings. The van der Waals surface area contributed by atoms with Gasteiger partial charge in [0.25, 0.3) is 0 Å². The average Bonchev–Trinajstić information content (AvgIpc) is 2.38. The van der Waals surface area contributed by atoms with E-state index in [0.717, 1.165) is 18.8 Å². The molecule has 0 aliphatic carbocycles. The summed E-state index contributed by atoms with van der Waals surface area (Å²) in [6.45, 7) is 8.35. The van der Waals surface area contributed by atoms with Crippen LogP contribution in [0.25, 0.3) is 0 Å². The lowest BCUT2D eigenvalue weighted by Crippen LogP contribution is -2.38. The summed E-state index contributed by atoms with van der Waals surface area (Å²) in [6, 6.07) is 7.34. The van der Waals surface area contributed by atoms with Gasteiger partial charge in [-0.15, -0.1) is 0 Å². The normalized spacial score (nSPS) is 24.5. The Morgan fingerprint density at radius 1 is 1.11 bits per heavy atom. The second kappa shape index (κ2) is 5.53. The number of anilines is 1. The first kappa shape index (κ1) is 14.4. The zero-order valence-corrected chi connectivity index (χ0v) is 12.8. The minimum atomic E-state index is -3.09. The molecule has 3 nitrogen and oxygen atoms in total. The lowest BCUT2D eigenvalue weighted by molar-refractivity contribution is 0.357. The zero-order valence-electron chi connectivity index (χ0n) is 12.0. The van der Waals surface area contributed by atoms with E-state index in [-0.39, 0.29) is 5.75 Å². The van der Waals surface area contributed by atoms with E-state index < -0.39 is 9.84 Å². The van der Waals surface area contributed by atoms with Crippen LogP contribution in [-0.2, 0) is 9.84 Å². The predicted molar refractivity (Wildman–Crippen MR) is 79.3 cm³/mol. The first-order valence-electron chi connectivity index (χ1n) is 7.00. The fourth-order valence-electron chi connectivity index (χ4n) is 2.90. The molecule has 4 heteroatoms. The lowest BCUT2D eigenvalue weighted by atomic mass is 9.91. The number of benzene rings is 1. The van der Waals surface area contributed by atoms with Crippen LogP contribution in [0.5, 0.6) is 0 Å². The highest BCUT2D eigenvalue weighted by molar-refractivity contribution is 7.91. The largest absolute Gasteiger partial charge is 0.371 e. The summed E-state index contributed by atoms with van der Waals surface area (Å²) in [6.07, 6.45) is 1.28. The number of sulfone groups is 1. The molecule has 0 N–H and O–H groups in total. The van der Waals surface area contributed by atoms with Gasteiger partial charge in [0.05, 0.1) is 10.6 Å². The Labute approximate surface area is 116 Å². The number of hydrogen-bond donors (Lipinski definition) is 0. The molecule has 1 heterocycles. The Hall–Kier alpha value is -1.03. The van der Waals surface area contributed by atoms with Crippen LogP contribution < -0.4 is 4.90 Å². The summed E-state index contributed by atoms with van der Waals surface area (Å²) < 4.78 is 23.6. The van der Waals surface area contributed by atoms with E-state index in [1.165, 1.54) is 6.42 Å². The van der Waals surface area contributed by atoms with E-state index in [1.807, 2.05) is 12.1 Å². The number of nitrogens with zero attached hydrogens (tertiary/aromatic N) is 1. The van der Waals surface area contributed by atoms with Crippen LogP contribution in [-0.4, -0.2) is 27.3 Å². The second-order valence-electron chi connectivity index (χ2n) is 5.75. The van der Waals surface area contributed by atoms with Crippen molar-refractivity contribution < 1.29 is 8.42 Å². The Morgan fingerprint density at radius 2 is 1.63 bits per heavy atom. The average molecular weight is 281 g/mol. The Balaban J connectivity index is 2.19. The first-order valence-corrected chi connectivity index (χ1v) is 8.65. The van der Waals surface area contributed by atoms with Gasteiger partial charge < -0.3 is 4.90 Å². The molecule has 19 heavy (non-hydrogen) atoms. The van der Waals surface area contributed by atoms with E-state index >= 15 is 0 Å². The highest BCUT2D eigenvalue weighted by Crippen LogP contribution is 2.27. The molecule has 0 saturated carbocycles. The van der Waals surface area contributed by atoms with Gasteiger partial charge in [-0.2, -0.15) is 0 Å². The minimum absolute atomic E-state index is 0.157. The summed E-state index contributed by atoms with van der Waals surface area (Å²) in [7, 11) is -3.09. The van der Waals surface area contributed by atoms with Crippen molar-refractivity contribution in [1.29, 1.82) is 0 Å². The third-order valence-electron chi connectivity index (χ3n) is 3.81.